The number of rotatable bonds is 6. The molecule has 0 N–H and O–H groups in total. The molecule has 0 amide bonds. The van der Waals surface area contributed by atoms with Crippen molar-refractivity contribution in [2.75, 3.05) is 9.80 Å². The van der Waals surface area contributed by atoms with E-state index in [0.717, 1.165) is 34.1 Å². The van der Waals surface area contributed by atoms with E-state index < -0.39 is 0 Å². The van der Waals surface area contributed by atoms with Gasteiger partial charge in [0.2, 0.25) is 0 Å². The maximum Gasteiger partial charge on any atom is 0.0601 e. The van der Waals surface area contributed by atoms with Gasteiger partial charge < -0.3 is 18.9 Å². The Labute approximate surface area is 389 Å². The molecule has 4 heterocycles. The van der Waals surface area contributed by atoms with Gasteiger partial charge in [0.05, 0.1) is 33.4 Å². The number of aromatic nitrogens is 2. The van der Waals surface area contributed by atoms with Crippen molar-refractivity contribution in [1.29, 1.82) is 0 Å². The average Bonchev–Trinajstić information content (AvgIpc) is 4.04. The number of hydrogen-bond donors (Lipinski definition) is 0. The first-order valence-electron chi connectivity index (χ1n) is 22.3. The molecule has 310 valence electrons. The van der Waals surface area contributed by atoms with Gasteiger partial charge in [0.25, 0.3) is 0 Å². The highest BCUT2D eigenvalue weighted by molar-refractivity contribution is 7.99. The molecule has 0 bridgehead atoms. The zero-order valence-corrected chi connectivity index (χ0v) is 37.2. The Morgan fingerprint density at radius 3 is 1.58 bits per heavy atom. The molecule has 13 aromatic rings. The van der Waals surface area contributed by atoms with E-state index in [1.54, 1.807) is 0 Å². The van der Waals surface area contributed by atoms with Crippen LogP contribution in [0.4, 0.5) is 34.1 Å². The number of hydrogen-bond acceptors (Lipinski definition) is 4. The monoisotopic (exact) mass is 878 g/mol. The first-order chi connectivity index (χ1) is 32.7. The van der Waals surface area contributed by atoms with Crippen molar-refractivity contribution in [3.05, 3.63) is 231 Å². The lowest BCUT2D eigenvalue weighted by Crippen LogP contribution is -2.15. The lowest BCUT2D eigenvalue weighted by atomic mass is 10.1. The van der Waals surface area contributed by atoms with Gasteiger partial charge in [-0.1, -0.05) is 115 Å². The van der Waals surface area contributed by atoms with Gasteiger partial charge in [0, 0.05) is 85.6 Å². The van der Waals surface area contributed by atoms with Crippen LogP contribution in [0.1, 0.15) is 0 Å². The summed E-state index contributed by atoms with van der Waals surface area (Å²) in [6.45, 7) is 0. The molecule has 0 unspecified atom stereocenters. The number of benzene rings is 10. The maximum atomic E-state index is 2.44. The zero-order valence-electron chi connectivity index (χ0n) is 35.5. The molecule has 0 saturated carbocycles. The molecule has 3 aromatic heterocycles. The second kappa shape index (κ2) is 14.8. The molecule has 14 rings (SSSR count). The third-order valence-electron chi connectivity index (χ3n) is 13.3. The summed E-state index contributed by atoms with van der Waals surface area (Å²) < 4.78 is 7.48. The summed E-state index contributed by atoms with van der Waals surface area (Å²) in [7, 11) is 0. The molecule has 4 nitrogen and oxygen atoms in total. The summed E-state index contributed by atoms with van der Waals surface area (Å²) in [5, 5.41) is 7.66. The first kappa shape index (κ1) is 37.4. The van der Waals surface area contributed by atoms with Gasteiger partial charge in [-0.15, -0.1) is 11.3 Å². The third-order valence-corrected chi connectivity index (χ3v) is 15.6. The normalized spacial score (nSPS) is 12.5. The van der Waals surface area contributed by atoms with Crippen molar-refractivity contribution in [3.63, 3.8) is 0 Å². The highest BCUT2D eigenvalue weighted by atomic mass is 32.2. The predicted octanol–water partition coefficient (Wildman–Crippen LogP) is 17.7. The van der Waals surface area contributed by atoms with Crippen LogP contribution in [-0.2, 0) is 0 Å². The summed E-state index contributed by atoms with van der Waals surface area (Å²) in [5.74, 6) is 0. The van der Waals surface area contributed by atoms with Gasteiger partial charge in [0.15, 0.2) is 0 Å². The number of para-hydroxylation sites is 5. The Hall–Kier alpha value is -8.03. The SMILES string of the molecule is c1ccc(-n2c3ccccc3c3cc(N(c4ccc(N5c6ccccc6Sc6ccccc65)cc4)c4ccc(-n5c6ccccc6c6c7sc8ccccc8c7ccc65)cc4)ccc32)cc1. The van der Waals surface area contributed by atoms with Crippen LogP contribution < -0.4 is 9.80 Å². The van der Waals surface area contributed by atoms with Crippen LogP contribution in [-0.4, -0.2) is 9.13 Å². The second-order valence-corrected chi connectivity index (χ2v) is 19.1. The molecular formula is C60H38N4S2. The number of thiophene rings is 1. The maximum absolute atomic E-state index is 2.44. The van der Waals surface area contributed by atoms with Gasteiger partial charge in [-0.25, -0.2) is 0 Å². The quantitative estimate of drug-likeness (QED) is 0.166. The van der Waals surface area contributed by atoms with Gasteiger partial charge in [-0.2, -0.15) is 0 Å². The minimum Gasteiger partial charge on any atom is -0.310 e. The minimum absolute atomic E-state index is 1.08. The van der Waals surface area contributed by atoms with E-state index >= 15 is 0 Å². The number of fused-ring (bicyclic) bond motifs is 12. The summed E-state index contributed by atoms with van der Waals surface area (Å²) in [6, 6.07) is 84.3. The topological polar surface area (TPSA) is 16.3 Å². The van der Waals surface area contributed by atoms with Crippen LogP contribution in [0.5, 0.6) is 0 Å². The van der Waals surface area contributed by atoms with Crippen LogP contribution in [0.2, 0.25) is 0 Å². The van der Waals surface area contributed by atoms with Crippen LogP contribution >= 0.6 is 23.1 Å². The van der Waals surface area contributed by atoms with E-state index in [-0.39, 0.29) is 0 Å². The lowest BCUT2D eigenvalue weighted by molar-refractivity contribution is 1.16. The fourth-order valence-electron chi connectivity index (χ4n) is 10.4. The van der Waals surface area contributed by atoms with Crippen LogP contribution in [0.15, 0.2) is 240 Å². The summed E-state index contributed by atoms with van der Waals surface area (Å²) >= 11 is 3.73. The molecule has 0 fully saturated rings. The van der Waals surface area contributed by atoms with Crippen LogP contribution in [0, 0.1) is 0 Å². The molecule has 0 saturated heterocycles. The molecule has 1 aliphatic rings. The summed E-state index contributed by atoms with van der Waals surface area (Å²) in [4.78, 5) is 7.30. The molecular weight excluding hydrogens is 841 g/mol. The Balaban J connectivity index is 0.936. The van der Waals surface area contributed by atoms with E-state index in [0.29, 0.717) is 0 Å². The van der Waals surface area contributed by atoms with E-state index in [1.165, 1.54) is 84.9 Å². The molecule has 0 spiro atoms. The van der Waals surface area contributed by atoms with E-state index in [1.807, 2.05) is 23.1 Å². The Kier molecular flexibility index (Phi) is 8.35. The van der Waals surface area contributed by atoms with Crippen molar-refractivity contribution in [3.8, 4) is 11.4 Å². The van der Waals surface area contributed by atoms with Gasteiger partial charge in [-0.3, -0.25) is 0 Å². The van der Waals surface area contributed by atoms with Gasteiger partial charge in [0.1, 0.15) is 0 Å². The predicted molar refractivity (Wildman–Crippen MR) is 281 cm³/mol. The minimum atomic E-state index is 1.08. The van der Waals surface area contributed by atoms with E-state index in [9.17, 15) is 0 Å². The van der Waals surface area contributed by atoms with Crippen molar-refractivity contribution in [2.24, 2.45) is 0 Å². The molecule has 0 radical (unpaired) electrons. The molecule has 1 aliphatic heterocycles. The lowest BCUT2D eigenvalue weighted by Gasteiger charge is -2.33. The van der Waals surface area contributed by atoms with Crippen molar-refractivity contribution in [1.82, 2.24) is 9.13 Å². The largest absolute Gasteiger partial charge is 0.310 e. The molecule has 66 heavy (non-hydrogen) atoms. The summed E-state index contributed by atoms with van der Waals surface area (Å²) in [5.41, 5.74) is 13.8. The molecule has 0 atom stereocenters. The van der Waals surface area contributed by atoms with E-state index in [2.05, 4.69) is 249 Å². The van der Waals surface area contributed by atoms with Crippen molar-refractivity contribution in [2.45, 2.75) is 9.79 Å². The molecule has 10 aromatic carbocycles. The Bertz CT molecular complexity index is 3990. The molecule has 0 aliphatic carbocycles. The summed E-state index contributed by atoms with van der Waals surface area (Å²) in [6.07, 6.45) is 0. The van der Waals surface area contributed by atoms with E-state index in [4.69, 9.17) is 0 Å². The zero-order chi connectivity index (χ0) is 43.3. The van der Waals surface area contributed by atoms with Crippen LogP contribution in [0.3, 0.4) is 0 Å². The fraction of sp³-hybridized carbons (Fsp3) is 0. The van der Waals surface area contributed by atoms with Gasteiger partial charge in [-0.05, 0) is 127 Å². The highest BCUT2D eigenvalue weighted by Gasteiger charge is 2.25. The fourth-order valence-corrected chi connectivity index (χ4v) is 12.7. The van der Waals surface area contributed by atoms with Crippen LogP contribution in [0.25, 0.3) is 75.2 Å². The highest BCUT2D eigenvalue weighted by Crippen LogP contribution is 2.52. The standard InChI is InChI=1S/C60H38N4S2/c1-2-14-39(15-3-1)62-50-19-7-4-16-45(50)49-38-44(34-36-52(49)62)61(41-28-32-43(33-29-41)64-53-21-9-12-24-57(53)65-58-25-13-10-22-54(58)64)40-26-30-42(31-27-40)63-51-20-8-5-18-48(51)59-55(63)37-35-47-46-17-6-11-23-56(46)66-60(47)59/h1-38H. The van der Waals surface area contributed by atoms with Crippen molar-refractivity contribution >= 4 is 121 Å². The Morgan fingerprint density at radius 1 is 0.333 bits per heavy atom. The van der Waals surface area contributed by atoms with Crippen molar-refractivity contribution < 1.29 is 0 Å². The number of nitrogens with zero attached hydrogens (tertiary/aromatic N) is 4. The number of anilines is 6. The second-order valence-electron chi connectivity index (χ2n) is 16.9. The smallest absolute Gasteiger partial charge is 0.0601 e. The molecule has 6 heteroatoms. The Morgan fingerprint density at radius 2 is 0.848 bits per heavy atom. The average molecular weight is 879 g/mol. The third kappa shape index (κ3) is 5.65. The van der Waals surface area contributed by atoms with Gasteiger partial charge >= 0.3 is 0 Å². The first-order valence-corrected chi connectivity index (χ1v) is 24.0.